The van der Waals surface area contributed by atoms with Gasteiger partial charge in [0.05, 0.1) is 10.0 Å². The summed E-state index contributed by atoms with van der Waals surface area (Å²) < 4.78 is 0.992. The molecule has 0 amide bonds. The first-order chi connectivity index (χ1) is 10.1. The fraction of sp³-hybridized carbons (Fsp3) is 0.0588. The second-order valence-corrected chi connectivity index (χ2v) is 6.37. The Kier molecular flexibility index (Phi) is 4.23. The Bertz CT molecular complexity index is 817. The number of fused-ring (bicyclic) bond motifs is 1. The van der Waals surface area contributed by atoms with Crippen LogP contribution in [0.1, 0.15) is 17.2 Å². The maximum Gasteiger partial charge on any atom is 0.106 e. The molecule has 21 heavy (non-hydrogen) atoms. The SMILES string of the molecule is OC(c1cccc(Cl)c1Cl)c1ccc(Br)c2ccccc12. The van der Waals surface area contributed by atoms with Crippen LogP contribution in [0.4, 0.5) is 0 Å². The lowest BCUT2D eigenvalue weighted by atomic mass is 9.96. The van der Waals surface area contributed by atoms with E-state index in [9.17, 15) is 5.11 Å². The van der Waals surface area contributed by atoms with E-state index in [1.165, 1.54) is 0 Å². The molecule has 1 N–H and O–H groups in total. The molecule has 0 aromatic heterocycles. The van der Waals surface area contributed by atoms with Gasteiger partial charge in [0.2, 0.25) is 0 Å². The first kappa shape index (κ1) is 14.9. The van der Waals surface area contributed by atoms with Crippen molar-refractivity contribution in [3.05, 3.63) is 80.2 Å². The van der Waals surface area contributed by atoms with Crippen molar-refractivity contribution < 1.29 is 5.11 Å². The molecular formula is C17H11BrCl2O. The quantitative estimate of drug-likeness (QED) is 0.577. The smallest absolute Gasteiger partial charge is 0.106 e. The highest BCUT2D eigenvalue weighted by Crippen LogP contribution is 2.37. The van der Waals surface area contributed by atoms with E-state index >= 15 is 0 Å². The number of hydrogen-bond donors (Lipinski definition) is 1. The summed E-state index contributed by atoms with van der Waals surface area (Å²) in [6.45, 7) is 0. The molecule has 0 saturated carbocycles. The van der Waals surface area contributed by atoms with Gasteiger partial charge < -0.3 is 5.11 Å². The van der Waals surface area contributed by atoms with Gasteiger partial charge in [0.25, 0.3) is 0 Å². The normalized spacial score (nSPS) is 12.6. The Labute approximate surface area is 141 Å². The van der Waals surface area contributed by atoms with Crippen molar-refractivity contribution >= 4 is 49.9 Å². The molecule has 0 bridgehead atoms. The molecule has 0 aliphatic rings. The van der Waals surface area contributed by atoms with Crippen LogP contribution in [0.3, 0.4) is 0 Å². The summed E-state index contributed by atoms with van der Waals surface area (Å²) in [5, 5.41) is 13.6. The van der Waals surface area contributed by atoms with Crippen molar-refractivity contribution in [3.8, 4) is 0 Å². The summed E-state index contributed by atoms with van der Waals surface area (Å²) in [6.07, 6.45) is -0.825. The monoisotopic (exact) mass is 380 g/mol. The van der Waals surface area contributed by atoms with Crippen LogP contribution in [0, 0.1) is 0 Å². The Balaban J connectivity index is 2.21. The van der Waals surface area contributed by atoms with Crippen LogP contribution in [0.5, 0.6) is 0 Å². The zero-order valence-corrected chi connectivity index (χ0v) is 14.0. The minimum Gasteiger partial charge on any atom is -0.384 e. The van der Waals surface area contributed by atoms with Crippen molar-refractivity contribution in [1.29, 1.82) is 0 Å². The third-order valence-electron chi connectivity index (χ3n) is 3.48. The van der Waals surface area contributed by atoms with E-state index < -0.39 is 6.10 Å². The number of hydrogen-bond acceptors (Lipinski definition) is 1. The van der Waals surface area contributed by atoms with Crippen LogP contribution in [-0.4, -0.2) is 5.11 Å². The van der Waals surface area contributed by atoms with Gasteiger partial charge in [-0.15, -0.1) is 0 Å². The van der Waals surface area contributed by atoms with Crippen LogP contribution in [0.25, 0.3) is 10.8 Å². The molecule has 0 fully saturated rings. The largest absolute Gasteiger partial charge is 0.384 e. The second kappa shape index (κ2) is 5.98. The lowest BCUT2D eigenvalue weighted by Gasteiger charge is -2.16. The highest BCUT2D eigenvalue weighted by molar-refractivity contribution is 9.10. The summed E-state index contributed by atoms with van der Waals surface area (Å²) in [4.78, 5) is 0. The van der Waals surface area contributed by atoms with Crippen LogP contribution in [0.2, 0.25) is 10.0 Å². The summed E-state index contributed by atoms with van der Waals surface area (Å²) in [5.74, 6) is 0. The lowest BCUT2D eigenvalue weighted by molar-refractivity contribution is 0.222. The lowest BCUT2D eigenvalue weighted by Crippen LogP contribution is -2.02. The van der Waals surface area contributed by atoms with Gasteiger partial charge in [-0.2, -0.15) is 0 Å². The zero-order chi connectivity index (χ0) is 15.0. The first-order valence-corrected chi connectivity index (χ1v) is 7.93. The van der Waals surface area contributed by atoms with Gasteiger partial charge in [-0.3, -0.25) is 0 Å². The zero-order valence-electron chi connectivity index (χ0n) is 10.9. The van der Waals surface area contributed by atoms with E-state index in [0.717, 1.165) is 20.8 Å². The standard InChI is InChI=1S/C17H11BrCl2O/c18-14-9-8-12(10-4-1-2-5-11(10)14)17(21)13-6-3-7-15(19)16(13)20/h1-9,17,21H. The van der Waals surface area contributed by atoms with Gasteiger partial charge in [-0.25, -0.2) is 0 Å². The van der Waals surface area contributed by atoms with Crippen molar-refractivity contribution in [2.75, 3.05) is 0 Å². The van der Waals surface area contributed by atoms with E-state index in [0.29, 0.717) is 15.6 Å². The first-order valence-electron chi connectivity index (χ1n) is 6.38. The maximum atomic E-state index is 10.7. The predicted octanol–water partition coefficient (Wildman–Crippen LogP) is 5.99. The van der Waals surface area contributed by atoms with Gasteiger partial charge in [-0.1, -0.05) is 81.6 Å². The molecule has 1 atom stereocenters. The van der Waals surface area contributed by atoms with Crippen molar-refractivity contribution in [2.24, 2.45) is 0 Å². The number of aliphatic hydroxyl groups is 1. The highest BCUT2D eigenvalue weighted by Gasteiger charge is 2.18. The molecule has 106 valence electrons. The molecule has 0 saturated heterocycles. The molecule has 3 aromatic rings. The van der Waals surface area contributed by atoms with Gasteiger partial charge >= 0.3 is 0 Å². The fourth-order valence-corrected chi connectivity index (χ4v) is 3.31. The predicted molar refractivity (Wildman–Crippen MR) is 92.2 cm³/mol. The van der Waals surface area contributed by atoms with Crippen molar-refractivity contribution in [2.45, 2.75) is 6.10 Å². The molecule has 0 heterocycles. The van der Waals surface area contributed by atoms with Crippen LogP contribution >= 0.6 is 39.1 Å². The molecule has 1 unspecified atom stereocenters. The van der Waals surface area contributed by atoms with Crippen LogP contribution in [0.15, 0.2) is 59.1 Å². The number of aliphatic hydroxyl groups excluding tert-OH is 1. The molecule has 3 aromatic carbocycles. The summed E-state index contributed by atoms with van der Waals surface area (Å²) in [7, 11) is 0. The number of benzene rings is 3. The second-order valence-electron chi connectivity index (χ2n) is 4.73. The molecule has 4 heteroatoms. The van der Waals surface area contributed by atoms with Gasteiger partial charge in [-0.05, 0) is 28.5 Å². The van der Waals surface area contributed by atoms with E-state index in [-0.39, 0.29) is 0 Å². The third kappa shape index (κ3) is 2.69. The van der Waals surface area contributed by atoms with E-state index in [1.807, 2.05) is 36.4 Å². The van der Waals surface area contributed by atoms with E-state index in [1.54, 1.807) is 18.2 Å². The van der Waals surface area contributed by atoms with Gasteiger partial charge in [0.1, 0.15) is 6.10 Å². The van der Waals surface area contributed by atoms with Gasteiger partial charge in [0, 0.05) is 10.0 Å². The molecule has 1 nitrogen and oxygen atoms in total. The fourth-order valence-electron chi connectivity index (χ4n) is 2.42. The average Bonchev–Trinajstić information content (AvgIpc) is 2.50. The maximum absolute atomic E-state index is 10.7. The molecule has 0 aliphatic carbocycles. The van der Waals surface area contributed by atoms with Crippen molar-refractivity contribution in [3.63, 3.8) is 0 Å². The van der Waals surface area contributed by atoms with E-state index in [4.69, 9.17) is 23.2 Å². The summed E-state index contributed by atoms with van der Waals surface area (Å²) in [6, 6.07) is 17.0. The average molecular weight is 382 g/mol. The number of rotatable bonds is 2. The Hall–Kier alpha value is -1.06. The van der Waals surface area contributed by atoms with Crippen molar-refractivity contribution in [1.82, 2.24) is 0 Å². The molecule has 0 radical (unpaired) electrons. The molecule has 3 rings (SSSR count). The third-order valence-corrected chi connectivity index (χ3v) is 5.00. The van der Waals surface area contributed by atoms with Gasteiger partial charge in [0.15, 0.2) is 0 Å². The topological polar surface area (TPSA) is 20.2 Å². The highest BCUT2D eigenvalue weighted by atomic mass is 79.9. The minimum atomic E-state index is -0.825. The Morgan fingerprint density at radius 2 is 1.52 bits per heavy atom. The van der Waals surface area contributed by atoms with E-state index in [2.05, 4.69) is 15.9 Å². The Morgan fingerprint density at radius 3 is 2.29 bits per heavy atom. The summed E-state index contributed by atoms with van der Waals surface area (Å²) >= 11 is 15.8. The summed E-state index contributed by atoms with van der Waals surface area (Å²) in [5.41, 5.74) is 1.41. The minimum absolute atomic E-state index is 0.388. The molecule has 0 aliphatic heterocycles. The van der Waals surface area contributed by atoms with Crippen LogP contribution < -0.4 is 0 Å². The van der Waals surface area contributed by atoms with Crippen LogP contribution in [-0.2, 0) is 0 Å². The molecule has 0 spiro atoms. The molecular weight excluding hydrogens is 371 g/mol. The Morgan fingerprint density at radius 1 is 0.810 bits per heavy atom. The number of halogens is 3.